The number of benzene rings is 1. The van der Waals surface area contributed by atoms with E-state index in [1.54, 1.807) is 50.5 Å². The summed E-state index contributed by atoms with van der Waals surface area (Å²) in [5, 5.41) is 1.13. The molecule has 3 rings (SSSR count). The lowest BCUT2D eigenvalue weighted by Gasteiger charge is -2.11. The van der Waals surface area contributed by atoms with Crippen LogP contribution in [0.4, 0.5) is 0 Å². The Kier molecular flexibility index (Phi) is 6.31. The average molecular weight is 432 g/mol. The van der Waals surface area contributed by atoms with Crippen molar-refractivity contribution in [2.24, 2.45) is 0 Å². The number of aromatic nitrogens is 1. The van der Waals surface area contributed by atoms with Gasteiger partial charge in [-0.15, -0.1) is 0 Å². The second-order valence-corrected chi connectivity index (χ2v) is 7.35. The first kappa shape index (κ1) is 21.6. The maximum absolute atomic E-state index is 12.5. The molecule has 0 fully saturated rings. The van der Waals surface area contributed by atoms with Crippen molar-refractivity contribution >= 4 is 34.5 Å². The number of rotatable bonds is 6. The highest BCUT2D eigenvalue weighted by atomic mass is 35.5. The Morgan fingerprint density at radius 2 is 1.83 bits per heavy atom. The molecule has 1 aromatic carbocycles. The van der Waals surface area contributed by atoms with Crippen LogP contribution in [-0.2, 0) is 27.4 Å². The number of carbonyl (C=O) groups is 2. The van der Waals surface area contributed by atoms with Gasteiger partial charge < -0.3 is 18.5 Å². The number of hydrogen-bond donors (Lipinski definition) is 0. The van der Waals surface area contributed by atoms with Crippen LogP contribution < -0.4 is 5.63 Å². The fourth-order valence-corrected chi connectivity index (χ4v) is 3.42. The standard InChI is InChI=1S/C22H22ClNO6/c1-5-28-22(27)16-7-13(3)24(14(16)4)10-21(26)29-11-15-8-20(25)30-19-6-12(2)18(23)9-17(15)19/h6-9H,5,10-11H2,1-4H3. The zero-order valence-corrected chi connectivity index (χ0v) is 18.0. The van der Waals surface area contributed by atoms with Gasteiger partial charge in [-0.2, -0.15) is 0 Å². The van der Waals surface area contributed by atoms with Crippen LogP contribution in [0, 0.1) is 20.8 Å². The van der Waals surface area contributed by atoms with Crippen molar-refractivity contribution in [2.45, 2.75) is 40.8 Å². The number of aryl methyl sites for hydroxylation is 2. The highest BCUT2D eigenvalue weighted by molar-refractivity contribution is 6.32. The third kappa shape index (κ3) is 4.41. The van der Waals surface area contributed by atoms with Crippen LogP contribution in [0.3, 0.4) is 0 Å². The molecule has 0 aliphatic carbocycles. The summed E-state index contributed by atoms with van der Waals surface area (Å²) in [6, 6.07) is 6.32. The number of ether oxygens (including phenoxy) is 2. The lowest BCUT2D eigenvalue weighted by Crippen LogP contribution is -2.16. The van der Waals surface area contributed by atoms with Gasteiger partial charge in [-0.3, -0.25) is 4.79 Å². The minimum absolute atomic E-state index is 0.0731. The first-order valence-electron chi connectivity index (χ1n) is 9.43. The maximum Gasteiger partial charge on any atom is 0.339 e. The molecule has 8 heteroatoms. The van der Waals surface area contributed by atoms with Crippen LogP contribution in [0.15, 0.2) is 33.5 Å². The SMILES string of the molecule is CCOC(=O)c1cc(C)n(CC(=O)OCc2cc(=O)oc3cc(C)c(Cl)cc23)c1C. The molecule has 0 unspecified atom stereocenters. The number of hydrogen-bond acceptors (Lipinski definition) is 6. The minimum atomic E-state index is -0.536. The molecule has 0 radical (unpaired) electrons. The van der Waals surface area contributed by atoms with Gasteiger partial charge in [0.15, 0.2) is 0 Å². The van der Waals surface area contributed by atoms with Crippen LogP contribution in [0.1, 0.15) is 39.8 Å². The van der Waals surface area contributed by atoms with E-state index in [2.05, 4.69) is 0 Å². The summed E-state index contributed by atoms with van der Waals surface area (Å²) in [6.07, 6.45) is 0. The zero-order valence-electron chi connectivity index (χ0n) is 17.2. The van der Waals surface area contributed by atoms with Crippen LogP contribution in [0.2, 0.25) is 5.02 Å². The molecule has 0 N–H and O–H groups in total. The molecular weight excluding hydrogens is 410 g/mol. The highest BCUT2D eigenvalue weighted by Crippen LogP contribution is 2.25. The fourth-order valence-electron chi connectivity index (χ4n) is 3.26. The summed E-state index contributed by atoms with van der Waals surface area (Å²) in [4.78, 5) is 36.3. The fraction of sp³-hybridized carbons (Fsp3) is 0.318. The molecule has 158 valence electrons. The Hall–Kier alpha value is -3.06. The Bertz CT molecular complexity index is 1190. The van der Waals surface area contributed by atoms with Crippen LogP contribution >= 0.6 is 11.6 Å². The number of halogens is 1. The molecule has 2 aromatic heterocycles. The van der Waals surface area contributed by atoms with Gasteiger partial charge in [0.25, 0.3) is 0 Å². The molecule has 30 heavy (non-hydrogen) atoms. The second kappa shape index (κ2) is 8.75. The number of carbonyl (C=O) groups excluding carboxylic acids is 2. The Morgan fingerprint density at radius 1 is 1.10 bits per heavy atom. The third-order valence-electron chi connectivity index (χ3n) is 4.85. The molecule has 0 aliphatic heterocycles. The molecule has 0 aliphatic rings. The smallest absolute Gasteiger partial charge is 0.339 e. The van der Waals surface area contributed by atoms with Gasteiger partial charge in [0.1, 0.15) is 18.7 Å². The normalized spacial score (nSPS) is 11.0. The molecule has 0 amide bonds. The van der Waals surface area contributed by atoms with Crippen molar-refractivity contribution in [1.29, 1.82) is 0 Å². The lowest BCUT2D eigenvalue weighted by molar-refractivity contribution is -0.145. The summed E-state index contributed by atoms with van der Waals surface area (Å²) >= 11 is 6.19. The van der Waals surface area contributed by atoms with Crippen LogP contribution in [-0.4, -0.2) is 23.1 Å². The summed E-state index contributed by atoms with van der Waals surface area (Å²) < 4.78 is 17.3. The molecular formula is C22H22ClNO6. The Morgan fingerprint density at radius 3 is 2.53 bits per heavy atom. The van der Waals surface area contributed by atoms with Crippen molar-refractivity contribution in [3.05, 3.63) is 67.8 Å². The summed E-state index contributed by atoms with van der Waals surface area (Å²) in [5.74, 6) is -0.938. The van der Waals surface area contributed by atoms with E-state index in [-0.39, 0.29) is 19.8 Å². The molecule has 0 saturated heterocycles. The summed E-state index contributed by atoms with van der Waals surface area (Å²) in [7, 11) is 0. The van der Waals surface area contributed by atoms with E-state index in [1.807, 2.05) is 0 Å². The summed E-state index contributed by atoms with van der Waals surface area (Å²) in [5.41, 5.74) is 2.90. The van der Waals surface area contributed by atoms with Gasteiger partial charge in [-0.25, -0.2) is 9.59 Å². The van der Waals surface area contributed by atoms with E-state index in [0.29, 0.717) is 32.8 Å². The molecule has 7 nitrogen and oxygen atoms in total. The molecule has 0 bridgehead atoms. The van der Waals surface area contributed by atoms with Gasteiger partial charge in [0.2, 0.25) is 0 Å². The van der Waals surface area contributed by atoms with Gasteiger partial charge in [-0.1, -0.05) is 11.6 Å². The molecule has 3 aromatic rings. The molecule has 0 atom stereocenters. The number of esters is 2. The van der Waals surface area contributed by atoms with Crippen LogP contribution in [0.25, 0.3) is 11.0 Å². The van der Waals surface area contributed by atoms with E-state index < -0.39 is 17.6 Å². The summed E-state index contributed by atoms with van der Waals surface area (Å²) in [6.45, 7) is 7.17. The maximum atomic E-state index is 12.5. The Labute approximate surface area is 178 Å². The van der Waals surface area contributed by atoms with Crippen molar-refractivity contribution in [3.63, 3.8) is 0 Å². The van der Waals surface area contributed by atoms with Crippen molar-refractivity contribution < 1.29 is 23.5 Å². The van der Waals surface area contributed by atoms with E-state index in [4.69, 9.17) is 25.5 Å². The second-order valence-electron chi connectivity index (χ2n) is 6.94. The first-order valence-corrected chi connectivity index (χ1v) is 9.81. The van der Waals surface area contributed by atoms with E-state index in [0.717, 1.165) is 11.3 Å². The average Bonchev–Trinajstić information content (AvgIpc) is 2.96. The topological polar surface area (TPSA) is 87.7 Å². The zero-order chi connectivity index (χ0) is 22.0. The van der Waals surface area contributed by atoms with Crippen LogP contribution in [0.5, 0.6) is 0 Å². The quantitative estimate of drug-likeness (QED) is 0.431. The van der Waals surface area contributed by atoms with E-state index in [9.17, 15) is 14.4 Å². The van der Waals surface area contributed by atoms with Gasteiger partial charge in [0.05, 0.1) is 12.2 Å². The predicted octanol–water partition coefficient (Wildman–Crippen LogP) is 4.09. The first-order chi connectivity index (χ1) is 14.2. The predicted molar refractivity (Wildman–Crippen MR) is 112 cm³/mol. The van der Waals surface area contributed by atoms with Crippen molar-refractivity contribution in [2.75, 3.05) is 6.61 Å². The molecule has 0 saturated carbocycles. The van der Waals surface area contributed by atoms with Gasteiger partial charge in [-0.05, 0) is 51.5 Å². The van der Waals surface area contributed by atoms with Crippen molar-refractivity contribution in [1.82, 2.24) is 4.57 Å². The largest absolute Gasteiger partial charge is 0.462 e. The van der Waals surface area contributed by atoms with Gasteiger partial charge in [0, 0.05) is 33.4 Å². The van der Waals surface area contributed by atoms with E-state index in [1.165, 1.54) is 6.07 Å². The van der Waals surface area contributed by atoms with E-state index >= 15 is 0 Å². The number of fused-ring (bicyclic) bond motifs is 1. The minimum Gasteiger partial charge on any atom is -0.462 e. The highest BCUT2D eigenvalue weighted by Gasteiger charge is 2.19. The third-order valence-corrected chi connectivity index (χ3v) is 5.26. The monoisotopic (exact) mass is 431 g/mol. The molecule has 2 heterocycles. The lowest BCUT2D eigenvalue weighted by atomic mass is 10.1. The Balaban J connectivity index is 1.78. The molecule has 0 spiro atoms. The van der Waals surface area contributed by atoms with Gasteiger partial charge >= 0.3 is 17.6 Å². The number of nitrogens with zero attached hydrogens (tertiary/aromatic N) is 1. The van der Waals surface area contributed by atoms with Crippen molar-refractivity contribution in [3.8, 4) is 0 Å².